The predicted molar refractivity (Wildman–Crippen MR) is 316 cm³/mol. The molecule has 0 saturated heterocycles. The van der Waals surface area contributed by atoms with E-state index < -0.39 is 12.6 Å². The molecule has 2 aromatic heterocycles. The van der Waals surface area contributed by atoms with Crippen molar-refractivity contribution >= 4 is 44.7 Å². The van der Waals surface area contributed by atoms with Gasteiger partial charge in [-0.3, -0.25) is 0 Å². The minimum atomic E-state index is -3.59. The Balaban J connectivity index is 1.02. The van der Waals surface area contributed by atoms with Gasteiger partial charge in [-0.2, -0.15) is 0 Å². The van der Waals surface area contributed by atoms with Gasteiger partial charge in [0.25, 0.3) is 0 Å². The summed E-state index contributed by atoms with van der Waals surface area (Å²) in [6.45, 7) is 0. The lowest BCUT2D eigenvalue weighted by Gasteiger charge is -2.30. The second-order valence-corrected chi connectivity index (χ2v) is 22.7. The minimum Gasteiger partial charge on any atom is -0.309 e. The maximum Gasteiger partial charge on any atom is 0.171 e. The summed E-state index contributed by atoms with van der Waals surface area (Å²) in [5.41, 5.74) is 16.5. The molecule has 0 aliphatic heterocycles. The van der Waals surface area contributed by atoms with Crippen molar-refractivity contribution in [1.29, 1.82) is 0 Å². The molecular weight excluding hydrogens is 956 g/mol. The van der Waals surface area contributed by atoms with Gasteiger partial charge in [0.1, 0.15) is 0 Å². The third-order valence-electron chi connectivity index (χ3n) is 15.8. The van der Waals surface area contributed by atoms with E-state index in [2.05, 4.69) is 170 Å². The van der Waals surface area contributed by atoms with Gasteiger partial charge in [-0.25, -0.2) is 19.9 Å². The predicted octanol–water partition coefficient (Wildman–Crippen LogP) is 15.9. The van der Waals surface area contributed by atoms with Crippen molar-refractivity contribution in [2.75, 3.05) is 0 Å². The molecular formula is C71H45N4OP. The maximum absolute atomic E-state index is 16.7. The van der Waals surface area contributed by atoms with E-state index in [0.717, 1.165) is 65.8 Å². The standard InChI is InChI=1S/C71H45N4OP/c76-77(52-25-9-3-10-26-52,53-27-11-4-12-28-53)54-42-50(41-51(43-54)70-74-68(48-23-7-2-8-24-48)73-69(75-70)49-39-37-47(38-40-49)46-21-5-1-6-22-46)67-61-44-60-57-31-15-19-35-64(57)71(65(60)45-59(61)58-32-16-20-36-66(58)72-67)62-33-17-13-29-55(62)56-30-14-18-34-63(56)71/h1-45H. The van der Waals surface area contributed by atoms with Crippen LogP contribution < -0.4 is 15.9 Å². The van der Waals surface area contributed by atoms with E-state index in [4.69, 9.17) is 19.9 Å². The lowest BCUT2D eigenvalue weighted by Crippen LogP contribution is -2.25. The van der Waals surface area contributed by atoms with Crippen LogP contribution in [0.25, 0.3) is 100 Å². The fourth-order valence-corrected chi connectivity index (χ4v) is 15.1. The highest BCUT2D eigenvalue weighted by atomic mass is 31.2. The molecule has 11 aromatic carbocycles. The van der Waals surface area contributed by atoms with E-state index in [1.807, 2.05) is 103 Å². The molecule has 0 saturated carbocycles. The Bertz CT molecular complexity index is 4440. The van der Waals surface area contributed by atoms with Gasteiger partial charge in [-0.15, -0.1) is 0 Å². The SMILES string of the molecule is O=P(c1ccccc1)(c1ccccc1)c1cc(-c2nc(-c3ccccc3)nc(-c3ccc(-c4ccccc4)cc3)n2)cc(-c2nc3ccccc3c3cc4c(cc23)-c2ccccc2C42c3ccccc3-c3ccccc32)c1. The third kappa shape index (κ3) is 6.98. The van der Waals surface area contributed by atoms with Gasteiger partial charge >= 0.3 is 0 Å². The number of para-hydroxylation sites is 1. The molecule has 0 fully saturated rings. The Kier molecular flexibility index (Phi) is 10.3. The summed E-state index contributed by atoms with van der Waals surface area (Å²) in [5, 5.41) is 5.23. The van der Waals surface area contributed by atoms with Crippen molar-refractivity contribution in [3.63, 3.8) is 0 Å². The summed E-state index contributed by atoms with van der Waals surface area (Å²) >= 11 is 0. The van der Waals surface area contributed by atoms with E-state index in [9.17, 15) is 0 Å². The van der Waals surface area contributed by atoms with Crippen LogP contribution in [0.1, 0.15) is 22.3 Å². The summed E-state index contributed by atoms with van der Waals surface area (Å²) in [4.78, 5) is 21.4. The summed E-state index contributed by atoms with van der Waals surface area (Å²) in [6.07, 6.45) is 0. The van der Waals surface area contributed by atoms with Gasteiger partial charge in [0, 0.05) is 48.9 Å². The van der Waals surface area contributed by atoms with Crippen LogP contribution in [0.15, 0.2) is 273 Å². The first-order chi connectivity index (χ1) is 38.0. The van der Waals surface area contributed by atoms with Gasteiger partial charge in [-0.05, 0) is 97.4 Å². The zero-order valence-corrected chi connectivity index (χ0v) is 42.5. The van der Waals surface area contributed by atoms with E-state index in [0.29, 0.717) is 28.3 Å². The second kappa shape index (κ2) is 17.7. The molecule has 77 heavy (non-hydrogen) atoms. The van der Waals surface area contributed by atoms with E-state index in [1.54, 1.807) is 0 Å². The number of hydrogen-bond acceptors (Lipinski definition) is 5. The lowest BCUT2D eigenvalue weighted by atomic mass is 9.70. The molecule has 2 aliphatic rings. The summed E-state index contributed by atoms with van der Waals surface area (Å²) in [6, 6.07) is 94.9. The summed E-state index contributed by atoms with van der Waals surface area (Å²) in [7, 11) is -3.59. The number of benzene rings is 11. The molecule has 360 valence electrons. The zero-order chi connectivity index (χ0) is 51.1. The number of hydrogen-bond donors (Lipinski definition) is 0. The van der Waals surface area contributed by atoms with Gasteiger partial charge in [0.05, 0.1) is 16.6 Å². The van der Waals surface area contributed by atoms with Gasteiger partial charge in [0.15, 0.2) is 24.6 Å². The molecule has 0 atom stereocenters. The van der Waals surface area contributed by atoms with Gasteiger partial charge in [0.2, 0.25) is 0 Å². The first-order valence-corrected chi connectivity index (χ1v) is 27.8. The van der Waals surface area contributed by atoms with Crippen molar-refractivity contribution in [2.45, 2.75) is 5.41 Å². The highest BCUT2D eigenvalue weighted by Gasteiger charge is 2.51. The molecule has 1 spiro atoms. The van der Waals surface area contributed by atoms with Crippen molar-refractivity contribution in [2.24, 2.45) is 0 Å². The Morgan fingerprint density at radius 1 is 0.273 bits per heavy atom. The second-order valence-electron chi connectivity index (χ2n) is 20.0. The Hall–Kier alpha value is -9.67. The maximum atomic E-state index is 16.7. The molecule has 2 heterocycles. The van der Waals surface area contributed by atoms with Crippen LogP contribution >= 0.6 is 7.14 Å². The third-order valence-corrected chi connectivity index (χ3v) is 18.8. The molecule has 0 bridgehead atoms. The average molecular weight is 1000 g/mol. The number of rotatable bonds is 8. The van der Waals surface area contributed by atoms with Crippen molar-refractivity contribution < 1.29 is 4.57 Å². The minimum absolute atomic E-state index is 0.456. The molecule has 13 aromatic rings. The van der Waals surface area contributed by atoms with Crippen molar-refractivity contribution in [3.05, 3.63) is 295 Å². The van der Waals surface area contributed by atoms with Crippen LogP contribution in [0.3, 0.4) is 0 Å². The Morgan fingerprint density at radius 3 is 1.29 bits per heavy atom. The number of aromatic nitrogens is 4. The molecule has 5 nitrogen and oxygen atoms in total. The largest absolute Gasteiger partial charge is 0.309 e. The highest BCUT2D eigenvalue weighted by Crippen LogP contribution is 2.63. The highest BCUT2D eigenvalue weighted by molar-refractivity contribution is 7.85. The Morgan fingerprint density at radius 2 is 0.701 bits per heavy atom. The summed E-state index contributed by atoms with van der Waals surface area (Å²) < 4.78 is 16.7. The van der Waals surface area contributed by atoms with Crippen LogP contribution in [-0.4, -0.2) is 19.9 Å². The fourth-order valence-electron chi connectivity index (χ4n) is 12.3. The normalized spacial score (nSPS) is 12.8. The molecule has 0 amide bonds. The number of nitrogens with zero attached hydrogens (tertiary/aromatic N) is 4. The van der Waals surface area contributed by atoms with Crippen molar-refractivity contribution in [1.82, 2.24) is 19.9 Å². The molecule has 15 rings (SSSR count). The van der Waals surface area contributed by atoms with Crippen LogP contribution in [-0.2, 0) is 9.98 Å². The van der Waals surface area contributed by atoms with Crippen LogP contribution in [0.4, 0.5) is 0 Å². The smallest absolute Gasteiger partial charge is 0.171 e. The molecule has 0 N–H and O–H groups in total. The molecule has 0 unspecified atom stereocenters. The summed E-state index contributed by atoms with van der Waals surface area (Å²) in [5.74, 6) is 1.52. The Labute approximate surface area is 446 Å². The van der Waals surface area contributed by atoms with Crippen LogP contribution in [0.2, 0.25) is 0 Å². The van der Waals surface area contributed by atoms with Crippen molar-refractivity contribution in [3.8, 4) is 78.8 Å². The number of pyridine rings is 1. The lowest BCUT2D eigenvalue weighted by molar-refractivity contribution is 0.592. The quantitative estimate of drug-likeness (QED) is 0.112. The van der Waals surface area contributed by atoms with E-state index >= 15 is 4.57 Å². The van der Waals surface area contributed by atoms with Gasteiger partial charge < -0.3 is 4.57 Å². The number of fused-ring (bicyclic) bond motifs is 13. The van der Waals surface area contributed by atoms with E-state index in [1.165, 1.54) is 44.5 Å². The molecule has 6 heteroatoms. The fraction of sp³-hybridized carbons (Fsp3) is 0.0141. The average Bonchev–Trinajstić information content (AvgIpc) is 4.17. The topological polar surface area (TPSA) is 68.6 Å². The first kappa shape index (κ1) is 44.8. The van der Waals surface area contributed by atoms with E-state index in [-0.39, 0.29) is 0 Å². The van der Waals surface area contributed by atoms with Crippen LogP contribution in [0.5, 0.6) is 0 Å². The monoisotopic (exact) mass is 1000 g/mol. The molecule has 2 aliphatic carbocycles. The molecule has 0 radical (unpaired) electrons. The first-order valence-electron chi connectivity index (χ1n) is 26.1. The van der Waals surface area contributed by atoms with Gasteiger partial charge in [-0.1, -0.05) is 237 Å². The zero-order valence-electron chi connectivity index (χ0n) is 41.6. The van der Waals surface area contributed by atoms with Crippen LogP contribution in [0, 0.1) is 0 Å².